The van der Waals surface area contributed by atoms with Crippen LogP contribution in [0.5, 0.6) is 0 Å². The van der Waals surface area contributed by atoms with E-state index in [4.69, 9.17) is 0 Å². The summed E-state index contributed by atoms with van der Waals surface area (Å²) in [6.07, 6.45) is 5.49. The molecule has 104 valence electrons. The molecule has 1 aromatic heterocycles. The number of nitrogens with one attached hydrogen (secondary N) is 1. The van der Waals surface area contributed by atoms with Crippen molar-refractivity contribution in [3.05, 3.63) is 54.1 Å². The predicted molar refractivity (Wildman–Crippen MR) is 78.2 cm³/mol. The fourth-order valence-electron chi connectivity index (χ4n) is 1.69. The zero-order valence-electron chi connectivity index (χ0n) is 11.7. The Morgan fingerprint density at radius 3 is 2.55 bits per heavy atom. The maximum Gasteiger partial charge on any atom is 0.226 e. The molecule has 0 aliphatic rings. The van der Waals surface area contributed by atoms with Crippen molar-refractivity contribution in [1.82, 2.24) is 14.9 Å². The quantitative estimate of drug-likeness (QED) is 0.898. The molecule has 0 saturated carbocycles. The summed E-state index contributed by atoms with van der Waals surface area (Å²) in [6, 6.07) is 7.85. The highest BCUT2D eigenvalue weighted by Crippen LogP contribution is 2.11. The van der Waals surface area contributed by atoms with Gasteiger partial charge in [0.2, 0.25) is 5.91 Å². The molecule has 5 heteroatoms. The van der Waals surface area contributed by atoms with Crippen molar-refractivity contribution in [3.8, 4) is 0 Å². The fourth-order valence-corrected chi connectivity index (χ4v) is 1.69. The van der Waals surface area contributed by atoms with Crippen molar-refractivity contribution in [1.29, 1.82) is 0 Å². The summed E-state index contributed by atoms with van der Waals surface area (Å²) in [4.78, 5) is 21.4. The van der Waals surface area contributed by atoms with Gasteiger partial charge in [-0.3, -0.25) is 14.8 Å². The molecule has 0 aliphatic carbocycles. The summed E-state index contributed by atoms with van der Waals surface area (Å²) >= 11 is 0. The molecular weight excluding hydrogens is 252 g/mol. The van der Waals surface area contributed by atoms with Crippen LogP contribution < -0.4 is 5.32 Å². The zero-order valence-corrected chi connectivity index (χ0v) is 11.7. The van der Waals surface area contributed by atoms with E-state index >= 15 is 0 Å². The minimum Gasteiger partial charge on any atom is -0.379 e. The molecule has 2 aromatic rings. The summed E-state index contributed by atoms with van der Waals surface area (Å²) in [5.41, 5.74) is 2.89. The lowest BCUT2D eigenvalue weighted by Gasteiger charge is -2.10. The first-order valence-electron chi connectivity index (χ1n) is 6.43. The Bertz CT molecular complexity index is 552. The first-order chi connectivity index (χ1) is 9.65. The van der Waals surface area contributed by atoms with Gasteiger partial charge in [0.25, 0.3) is 0 Å². The molecular formula is C15H18N4O. The van der Waals surface area contributed by atoms with Gasteiger partial charge in [-0.05, 0) is 17.7 Å². The SMILES string of the molecule is CN(C)C(=O)Cc1ccc(NCc2cnccn2)cc1. The van der Waals surface area contributed by atoms with Gasteiger partial charge in [-0.25, -0.2) is 0 Å². The number of nitrogens with zero attached hydrogens (tertiary/aromatic N) is 3. The number of likely N-dealkylation sites (N-methyl/N-ethyl adjacent to an activating group) is 1. The highest BCUT2D eigenvalue weighted by Gasteiger charge is 2.05. The van der Waals surface area contributed by atoms with E-state index in [0.29, 0.717) is 13.0 Å². The van der Waals surface area contributed by atoms with Crippen LogP contribution in [0.25, 0.3) is 0 Å². The average molecular weight is 270 g/mol. The molecule has 2 rings (SSSR count). The van der Waals surface area contributed by atoms with E-state index in [1.807, 2.05) is 24.3 Å². The third-order valence-corrected chi connectivity index (χ3v) is 2.90. The number of rotatable bonds is 5. The normalized spacial score (nSPS) is 10.1. The maximum absolute atomic E-state index is 11.6. The van der Waals surface area contributed by atoms with E-state index in [-0.39, 0.29) is 5.91 Å². The van der Waals surface area contributed by atoms with E-state index in [0.717, 1.165) is 16.9 Å². The van der Waals surface area contributed by atoms with Gasteiger partial charge in [0.05, 0.1) is 24.9 Å². The summed E-state index contributed by atoms with van der Waals surface area (Å²) in [6.45, 7) is 0.629. The van der Waals surface area contributed by atoms with Gasteiger partial charge in [-0.2, -0.15) is 0 Å². The second-order valence-electron chi connectivity index (χ2n) is 4.71. The second kappa shape index (κ2) is 6.65. The molecule has 0 unspecified atom stereocenters. The van der Waals surface area contributed by atoms with E-state index in [1.165, 1.54) is 0 Å². The van der Waals surface area contributed by atoms with Crippen LogP contribution in [0.15, 0.2) is 42.9 Å². The van der Waals surface area contributed by atoms with Gasteiger partial charge in [0, 0.05) is 32.2 Å². The Balaban J connectivity index is 1.90. The largest absolute Gasteiger partial charge is 0.379 e. The van der Waals surface area contributed by atoms with Gasteiger partial charge in [0.1, 0.15) is 0 Å². The minimum atomic E-state index is 0.102. The number of hydrogen-bond acceptors (Lipinski definition) is 4. The van der Waals surface area contributed by atoms with Crippen LogP contribution in [0.3, 0.4) is 0 Å². The van der Waals surface area contributed by atoms with Crippen LogP contribution in [0.4, 0.5) is 5.69 Å². The van der Waals surface area contributed by atoms with Crippen LogP contribution in [-0.2, 0) is 17.8 Å². The standard InChI is InChI=1S/C15H18N4O/c1-19(2)15(20)9-12-3-5-13(6-4-12)18-11-14-10-16-7-8-17-14/h3-8,10,18H,9,11H2,1-2H3. The van der Waals surface area contributed by atoms with Crippen LogP contribution in [-0.4, -0.2) is 34.9 Å². The first kappa shape index (κ1) is 14.0. The summed E-state index contributed by atoms with van der Waals surface area (Å²) in [5, 5.41) is 3.27. The van der Waals surface area contributed by atoms with E-state index < -0.39 is 0 Å². The molecule has 1 heterocycles. The van der Waals surface area contributed by atoms with Crippen LogP contribution in [0.2, 0.25) is 0 Å². The molecule has 1 aromatic carbocycles. The van der Waals surface area contributed by atoms with Gasteiger partial charge < -0.3 is 10.2 Å². The monoisotopic (exact) mass is 270 g/mol. The number of carbonyl (C=O) groups is 1. The first-order valence-corrected chi connectivity index (χ1v) is 6.43. The lowest BCUT2D eigenvalue weighted by Crippen LogP contribution is -2.23. The topological polar surface area (TPSA) is 58.1 Å². The molecule has 1 N–H and O–H groups in total. The Hall–Kier alpha value is -2.43. The number of benzene rings is 1. The summed E-state index contributed by atoms with van der Waals surface area (Å²) < 4.78 is 0. The molecule has 0 bridgehead atoms. The third-order valence-electron chi connectivity index (χ3n) is 2.90. The van der Waals surface area contributed by atoms with E-state index in [1.54, 1.807) is 37.6 Å². The third kappa shape index (κ3) is 4.05. The van der Waals surface area contributed by atoms with Crippen LogP contribution in [0, 0.1) is 0 Å². The Kier molecular flexibility index (Phi) is 4.65. The number of anilines is 1. The number of hydrogen-bond donors (Lipinski definition) is 1. The molecule has 0 saturated heterocycles. The van der Waals surface area contributed by atoms with Crippen molar-refractivity contribution in [2.75, 3.05) is 19.4 Å². The highest BCUT2D eigenvalue weighted by atomic mass is 16.2. The van der Waals surface area contributed by atoms with Gasteiger partial charge in [0.15, 0.2) is 0 Å². The summed E-state index contributed by atoms with van der Waals surface area (Å²) in [5.74, 6) is 0.102. The van der Waals surface area contributed by atoms with E-state index in [9.17, 15) is 4.79 Å². The lowest BCUT2D eigenvalue weighted by atomic mass is 10.1. The Morgan fingerprint density at radius 1 is 1.20 bits per heavy atom. The van der Waals surface area contributed by atoms with E-state index in [2.05, 4.69) is 15.3 Å². The minimum absolute atomic E-state index is 0.102. The Labute approximate surface area is 118 Å². The van der Waals surface area contributed by atoms with Crippen molar-refractivity contribution < 1.29 is 4.79 Å². The molecule has 0 radical (unpaired) electrons. The lowest BCUT2D eigenvalue weighted by molar-refractivity contribution is -0.127. The smallest absolute Gasteiger partial charge is 0.226 e. The van der Waals surface area contributed by atoms with Gasteiger partial charge in [-0.15, -0.1) is 0 Å². The average Bonchev–Trinajstić information content (AvgIpc) is 2.47. The summed E-state index contributed by atoms with van der Waals surface area (Å²) in [7, 11) is 3.53. The van der Waals surface area contributed by atoms with Gasteiger partial charge >= 0.3 is 0 Å². The molecule has 0 atom stereocenters. The molecule has 0 spiro atoms. The number of carbonyl (C=O) groups excluding carboxylic acids is 1. The molecule has 0 fully saturated rings. The molecule has 5 nitrogen and oxygen atoms in total. The Morgan fingerprint density at radius 2 is 1.95 bits per heavy atom. The number of aromatic nitrogens is 2. The fraction of sp³-hybridized carbons (Fsp3) is 0.267. The van der Waals surface area contributed by atoms with Crippen molar-refractivity contribution in [3.63, 3.8) is 0 Å². The van der Waals surface area contributed by atoms with Crippen molar-refractivity contribution >= 4 is 11.6 Å². The molecule has 20 heavy (non-hydrogen) atoms. The van der Waals surface area contributed by atoms with Gasteiger partial charge in [-0.1, -0.05) is 12.1 Å². The zero-order chi connectivity index (χ0) is 14.4. The maximum atomic E-state index is 11.6. The second-order valence-corrected chi connectivity index (χ2v) is 4.71. The van der Waals surface area contributed by atoms with Crippen molar-refractivity contribution in [2.24, 2.45) is 0 Å². The molecule has 1 amide bonds. The number of amides is 1. The molecule has 0 aliphatic heterocycles. The predicted octanol–water partition coefficient (Wildman–Crippen LogP) is 1.72. The van der Waals surface area contributed by atoms with Crippen LogP contribution in [0.1, 0.15) is 11.3 Å². The van der Waals surface area contributed by atoms with Crippen molar-refractivity contribution in [2.45, 2.75) is 13.0 Å². The highest BCUT2D eigenvalue weighted by molar-refractivity contribution is 5.78. The van der Waals surface area contributed by atoms with Crippen LogP contribution >= 0.6 is 0 Å².